The monoisotopic (exact) mass is 324 g/mol. The summed E-state index contributed by atoms with van der Waals surface area (Å²) in [5, 5.41) is 3.22. The van der Waals surface area contributed by atoms with E-state index < -0.39 is 0 Å². The standard InChI is InChI=1S/C18H28N2O.ClH/c1-3-17(16-7-5-4-6-8-16)18(21)20-13-10-15(11-14-20)9-12-19-2;/h4-8,15,17,19H,3,9-14H2,1-2H3;1H. The molecule has 124 valence electrons. The summed E-state index contributed by atoms with van der Waals surface area (Å²) < 4.78 is 0. The maximum atomic E-state index is 12.8. The summed E-state index contributed by atoms with van der Waals surface area (Å²) in [5.41, 5.74) is 1.15. The van der Waals surface area contributed by atoms with Crippen LogP contribution in [0.4, 0.5) is 0 Å². The third-order valence-corrected chi connectivity index (χ3v) is 4.64. The lowest BCUT2D eigenvalue weighted by atomic mass is 9.90. The van der Waals surface area contributed by atoms with Gasteiger partial charge in [-0.1, -0.05) is 37.3 Å². The van der Waals surface area contributed by atoms with Crippen LogP contribution in [0, 0.1) is 5.92 Å². The number of likely N-dealkylation sites (tertiary alicyclic amines) is 1. The van der Waals surface area contributed by atoms with E-state index in [9.17, 15) is 4.79 Å². The van der Waals surface area contributed by atoms with Gasteiger partial charge in [0.05, 0.1) is 5.92 Å². The van der Waals surface area contributed by atoms with Crippen LogP contribution in [-0.4, -0.2) is 37.5 Å². The van der Waals surface area contributed by atoms with Crippen LogP contribution in [0.1, 0.15) is 44.1 Å². The first-order valence-corrected chi connectivity index (χ1v) is 8.24. The molecule has 22 heavy (non-hydrogen) atoms. The lowest BCUT2D eigenvalue weighted by molar-refractivity contribution is -0.134. The summed E-state index contributed by atoms with van der Waals surface area (Å²) in [6, 6.07) is 10.2. The first-order chi connectivity index (χ1) is 10.3. The van der Waals surface area contributed by atoms with Crippen LogP contribution in [0.2, 0.25) is 0 Å². The molecule has 1 unspecified atom stereocenters. The van der Waals surface area contributed by atoms with Crippen LogP contribution in [0.5, 0.6) is 0 Å². The zero-order chi connectivity index (χ0) is 15.1. The Hall–Kier alpha value is -1.06. The summed E-state index contributed by atoms with van der Waals surface area (Å²) in [6.45, 7) is 5.04. The minimum Gasteiger partial charge on any atom is -0.342 e. The van der Waals surface area contributed by atoms with Gasteiger partial charge in [-0.05, 0) is 50.8 Å². The molecule has 1 N–H and O–H groups in total. The van der Waals surface area contributed by atoms with Crippen LogP contribution in [-0.2, 0) is 4.79 Å². The van der Waals surface area contributed by atoms with E-state index in [2.05, 4.69) is 29.3 Å². The number of hydrogen-bond acceptors (Lipinski definition) is 2. The topological polar surface area (TPSA) is 32.3 Å². The molecule has 1 amide bonds. The Morgan fingerprint density at radius 3 is 2.45 bits per heavy atom. The van der Waals surface area contributed by atoms with Gasteiger partial charge in [0.15, 0.2) is 0 Å². The number of hydrogen-bond donors (Lipinski definition) is 1. The molecule has 0 spiro atoms. The quantitative estimate of drug-likeness (QED) is 0.869. The Bertz CT molecular complexity index is 430. The van der Waals surface area contributed by atoms with Gasteiger partial charge in [0.2, 0.25) is 5.91 Å². The Morgan fingerprint density at radius 1 is 1.27 bits per heavy atom. The van der Waals surface area contributed by atoms with Crippen LogP contribution in [0.25, 0.3) is 0 Å². The number of halogens is 1. The molecular weight excluding hydrogens is 296 g/mol. The zero-order valence-electron chi connectivity index (χ0n) is 13.8. The Kier molecular flexibility index (Phi) is 8.51. The Morgan fingerprint density at radius 2 is 1.91 bits per heavy atom. The van der Waals surface area contributed by atoms with E-state index in [0.717, 1.165) is 50.4 Å². The fourth-order valence-electron chi connectivity index (χ4n) is 3.25. The highest BCUT2D eigenvalue weighted by molar-refractivity contribution is 5.85. The van der Waals surface area contributed by atoms with Crippen LogP contribution >= 0.6 is 12.4 Å². The molecular formula is C18H29ClN2O. The van der Waals surface area contributed by atoms with E-state index in [1.54, 1.807) is 0 Å². The highest BCUT2D eigenvalue weighted by atomic mass is 35.5. The summed E-state index contributed by atoms with van der Waals surface area (Å²) in [4.78, 5) is 14.8. The van der Waals surface area contributed by atoms with Crippen molar-refractivity contribution in [2.75, 3.05) is 26.7 Å². The lowest BCUT2D eigenvalue weighted by Gasteiger charge is -2.34. The molecule has 2 rings (SSSR count). The molecule has 1 heterocycles. The molecule has 1 aromatic rings. The predicted octanol–water partition coefficient (Wildman–Crippen LogP) is 3.45. The number of rotatable bonds is 6. The summed E-state index contributed by atoms with van der Waals surface area (Å²) in [5.74, 6) is 1.12. The van der Waals surface area contributed by atoms with Gasteiger partial charge < -0.3 is 10.2 Å². The van der Waals surface area contributed by atoms with Crippen molar-refractivity contribution in [3.63, 3.8) is 0 Å². The molecule has 1 atom stereocenters. The SMILES string of the molecule is CCC(C(=O)N1CCC(CCNC)CC1)c1ccccc1.Cl. The Labute approximate surface area is 140 Å². The van der Waals surface area contributed by atoms with E-state index in [1.807, 2.05) is 25.2 Å². The third kappa shape index (κ3) is 4.99. The second-order valence-corrected chi connectivity index (χ2v) is 6.03. The molecule has 1 aliphatic rings. The van der Waals surface area contributed by atoms with Crippen molar-refractivity contribution < 1.29 is 4.79 Å². The van der Waals surface area contributed by atoms with Gasteiger partial charge in [0.25, 0.3) is 0 Å². The van der Waals surface area contributed by atoms with E-state index in [-0.39, 0.29) is 18.3 Å². The fraction of sp³-hybridized carbons (Fsp3) is 0.611. The average molecular weight is 325 g/mol. The van der Waals surface area contributed by atoms with E-state index in [0.29, 0.717) is 5.91 Å². The second-order valence-electron chi connectivity index (χ2n) is 6.03. The summed E-state index contributed by atoms with van der Waals surface area (Å²) in [7, 11) is 2.00. The van der Waals surface area contributed by atoms with Gasteiger partial charge in [0.1, 0.15) is 0 Å². The molecule has 4 heteroatoms. The van der Waals surface area contributed by atoms with Crippen molar-refractivity contribution in [2.45, 2.75) is 38.5 Å². The van der Waals surface area contributed by atoms with Crippen LogP contribution in [0.15, 0.2) is 30.3 Å². The smallest absolute Gasteiger partial charge is 0.230 e. The molecule has 0 bridgehead atoms. The van der Waals surface area contributed by atoms with Crippen LogP contribution < -0.4 is 5.32 Å². The van der Waals surface area contributed by atoms with Crippen molar-refractivity contribution in [1.29, 1.82) is 0 Å². The fourth-order valence-corrected chi connectivity index (χ4v) is 3.25. The molecule has 1 fully saturated rings. The van der Waals surface area contributed by atoms with E-state index in [4.69, 9.17) is 0 Å². The molecule has 0 radical (unpaired) electrons. The summed E-state index contributed by atoms with van der Waals surface area (Å²) in [6.07, 6.45) is 4.41. The largest absolute Gasteiger partial charge is 0.342 e. The van der Waals surface area contributed by atoms with Crippen LogP contribution in [0.3, 0.4) is 0 Å². The first-order valence-electron chi connectivity index (χ1n) is 8.24. The highest BCUT2D eigenvalue weighted by Gasteiger charge is 2.27. The molecule has 0 aromatic heterocycles. The number of nitrogens with zero attached hydrogens (tertiary/aromatic N) is 1. The maximum absolute atomic E-state index is 12.8. The molecule has 1 aliphatic heterocycles. The number of nitrogens with one attached hydrogen (secondary N) is 1. The van der Waals surface area contributed by atoms with Gasteiger partial charge >= 0.3 is 0 Å². The van der Waals surface area contributed by atoms with Gasteiger partial charge in [-0.15, -0.1) is 12.4 Å². The Balaban J connectivity index is 0.00000242. The zero-order valence-corrected chi connectivity index (χ0v) is 14.6. The molecule has 1 saturated heterocycles. The number of amides is 1. The van der Waals surface area contributed by atoms with Crippen molar-refractivity contribution in [3.05, 3.63) is 35.9 Å². The molecule has 0 saturated carbocycles. The van der Waals surface area contributed by atoms with Gasteiger partial charge in [0, 0.05) is 13.1 Å². The molecule has 1 aromatic carbocycles. The minimum absolute atomic E-state index is 0. The van der Waals surface area contributed by atoms with Crippen molar-refractivity contribution in [3.8, 4) is 0 Å². The van der Waals surface area contributed by atoms with Gasteiger partial charge in [-0.2, -0.15) is 0 Å². The third-order valence-electron chi connectivity index (χ3n) is 4.64. The van der Waals surface area contributed by atoms with Crippen molar-refractivity contribution >= 4 is 18.3 Å². The molecule has 0 aliphatic carbocycles. The predicted molar refractivity (Wildman–Crippen MR) is 94.6 cm³/mol. The number of carbonyl (C=O) groups excluding carboxylic acids is 1. The van der Waals surface area contributed by atoms with Crippen molar-refractivity contribution in [1.82, 2.24) is 10.2 Å². The number of carbonyl (C=O) groups is 1. The van der Waals surface area contributed by atoms with Crippen molar-refractivity contribution in [2.24, 2.45) is 5.92 Å². The van der Waals surface area contributed by atoms with Gasteiger partial charge in [-0.3, -0.25) is 4.79 Å². The second kappa shape index (κ2) is 9.86. The number of piperidine rings is 1. The van der Waals surface area contributed by atoms with Gasteiger partial charge in [-0.25, -0.2) is 0 Å². The number of benzene rings is 1. The minimum atomic E-state index is 0. The maximum Gasteiger partial charge on any atom is 0.230 e. The normalized spacial score (nSPS) is 16.9. The lowest BCUT2D eigenvalue weighted by Crippen LogP contribution is -2.41. The average Bonchev–Trinajstić information content (AvgIpc) is 2.55. The van der Waals surface area contributed by atoms with E-state index in [1.165, 1.54) is 6.42 Å². The molecule has 3 nitrogen and oxygen atoms in total. The first kappa shape index (κ1) is 19.0. The highest BCUT2D eigenvalue weighted by Crippen LogP contribution is 2.26. The van der Waals surface area contributed by atoms with E-state index >= 15 is 0 Å². The summed E-state index contributed by atoms with van der Waals surface area (Å²) >= 11 is 0.